The van der Waals surface area contributed by atoms with E-state index in [2.05, 4.69) is 21.2 Å². The molecule has 0 aliphatic heterocycles. The van der Waals surface area contributed by atoms with Crippen LogP contribution in [0.15, 0.2) is 27.2 Å². The van der Waals surface area contributed by atoms with Crippen LogP contribution in [0.1, 0.15) is 31.6 Å². The van der Waals surface area contributed by atoms with Crippen molar-refractivity contribution in [2.75, 3.05) is 0 Å². The van der Waals surface area contributed by atoms with Crippen molar-refractivity contribution in [3.05, 3.63) is 45.0 Å². The molecule has 0 unspecified atom stereocenters. The van der Waals surface area contributed by atoms with Crippen LogP contribution in [0.3, 0.4) is 0 Å². The van der Waals surface area contributed by atoms with E-state index in [9.17, 15) is 9.59 Å². The molecule has 2 N–H and O–H groups in total. The fraction of sp³-hybridized carbons (Fsp3) is 0.250. The van der Waals surface area contributed by atoms with Crippen molar-refractivity contribution in [3.8, 4) is 11.5 Å². The molecule has 3 aromatic rings. The molecule has 10 heteroatoms. The van der Waals surface area contributed by atoms with Gasteiger partial charge in [0.05, 0.1) is 16.1 Å². The number of nitrogens with one attached hydrogen (secondary N) is 2. The lowest BCUT2D eigenvalue weighted by molar-refractivity contribution is 0.0908. The first-order valence-electron chi connectivity index (χ1n) is 7.62. The van der Waals surface area contributed by atoms with E-state index in [4.69, 9.17) is 13.8 Å². The Labute approximate surface area is 152 Å². The predicted molar refractivity (Wildman–Crippen MR) is 91.3 cm³/mol. The highest BCUT2D eigenvalue weighted by molar-refractivity contribution is 7.13. The number of nitrogens with zero attached hydrogens (tertiary/aromatic N) is 2. The minimum Gasteiger partial charge on any atom is -0.443 e. The topological polar surface area (TPSA) is 119 Å². The number of carbonyl (C=O) groups is 2. The zero-order chi connectivity index (χ0) is 18.7. The number of ether oxygens (including phenoxy) is 1. The average Bonchev–Trinajstić information content (AvgIpc) is 3.31. The van der Waals surface area contributed by atoms with E-state index in [1.165, 1.54) is 11.3 Å². The Kier molecular flexibility index (Phi) is 5.03. The van der Waals surface area contributed by atoms with Gasteiger partial charge in [0.15, 0.2) is 11.5 Å². The van der Waals surface area contributed by atoms with Crippen molar-refractivity contribution >= 4 is 23.3 Å². The first-order valence-corrected chi connectivity index (χ1v) is 8.44. The van der Waals surface area contributed by atoms with Crippen molar-refractivity contribution in [2.24, 2.45) is 0 Å². The Morgan fingerprint density at radius 1 is 1.15 bits per heavy atom. The number of aromatic nitrogens is 2. The molecule has 0 radical (unpaired) electrons. The molecular formula is C16H16N4O5S. The first-order chi connectivity index (χ1) is 12.4. The van der Waals surface area contributed by atoms with Gasteiger partial charge in [0.2, 0.25) is 0 Å². The zero-order valence-corrected chi connectivity index (χ0v) is 15.1. The van der Waals surface area contributed by atoms with Crippen LogP contribution in [0.5, 0.6) is 0 Å². The van der Waals surface area contributed by atoms with E-state index in [1.54, 1.807) is 26.0 Å². The Morgan fingerprint density at radius 3 is 2.62 bits per heavy atom. The van der Waals surface area contributed by atoms with Crippen LogP contribution in [-0.2, 0) is 11.3 Å². The summed E-state index contributed by atoms with van der Waals surface area (Å²) in [5, 5.41) is 7.72. The third-order valence-corrected chi connectivity index (χ3v) is 4.43. The summed E-state index contributed by atoms with van der Waals surface area (Å²) >= 11 is 1.32. The first kappa shape index (κ1) is 17.7. The summed E-state index contributed by atoms with van der Waals surface area (Å²) in [7, 11) is 0. The van der Waals surface area contributed by atoms with Gasteiger partial charge in [0.25, 0.3) is 5.91 Å². The van der Waals surface area contributed by atoms with Crippen LogP contribution in [0.2, 0.25) is 0 Å². The third kappa shape index (κ3) is 3.91. The Morgan fingerprint density at radius 2 is 1.96 bits per heavy atom. The number of hydrogen-bond donors (Lipinski definition) is 2. The molecule has 9 nitrogen and oxygen atoms in total. The lowest BCUT2D eigenvalue weighted by Gasteiger charge is -2.07. The Bertz CT molecular complexity index is 942. The van der Waals surface area contributed by atoms with Crippen LogP contribution >= 0.6 is 11.3 Å². The average molecular weight is 376 g/mol. The molecular weight excluding hydrogens is 360 g/mol. The van der Waals surface area contributed by atoms with Crippen molar-refractivity contribution in [1.82, 2.24) is 21.2 Å². The monoisotopic (exact) mass is 376 g/mol. The standard InChI is InChI=1S/C16H16N4O5S/c1-8-6-12(20-24-8)14-11(10(3)19-25-14)7-23-16(22)18-17-15(21)13-5-4-9(2)26-13/h4-6H,7H2,1-3H3,(H,17,21)(H,18,22). The van der Waals surface area contributed by atoms with Gasteiger partial charge in [-0.25, -0.2) is 10.2 Å². The van der Waals surface area contributed by atoms with E-state index in [1.807, 2.05) is 13.0 Å². The van der Waals surface area contributed by atoms with E-state index < -0.39 is 12.0 Å². The Balaban J connectivity index is 1.56. The maximum absolute atomic E-state index is 11.9. The molecule has 3 heterocycles. The maximum Gasteiger partial charge on any atom is 0.426 e. The maximum atomic E-state index is 11.9. The van der Waals surface area contributed by atoms with Crippen molar-refractivity contribution < 1.29 is 23.4 Å². The second kappa shape index (κ2) is 7.40. The second-order valence-corrected chi connectivity index (χ2v) is 6.75. The molecule has 0 aliphatic rings. The van der Waals surface area contributed by atoms with Gasteiger partial charge in [0.1, 0.15) is 12.4 Å². The second-order valence-electron chi connectivity index (χ2n) is 5.46. The van der Waals surface area contributed by atoms with Crippen LogP contribution in [-0.4, -0.2) is 22.3 Å². The van der Waals surface area contributed by atoms with Gasteiger partial charge in [-0.3, -0.25) is 10.2 Å². The summed E-state index contributed by atoms with van der Waals surface area (Å²) in [6.07, 6.45) is -0.811. The molecule has 3 rings (SSSR count). The van der Waals surface area contributed by atoms with Gasteiger partial charge in [-0.2, -0.15) is 0 Å². The van der Waals surface area contributed by atoms with E-state index in [0.717, 1.165) is 4.88 Å². The van der Waals surface area contributed by atoms with Gasteiger partial charge >= 0.3 is 6.09 Å². The highest BCUT2D eigenvalue weighted by atomic mass is 32.1. The minimum absolute atomic E-state index is 0.101. The van der Waals surface area contributed by atoms with Crippen LogP contribution < -0.4 is 10.9 Å². The number of hydrogen-bond acceptors (Lipinski definition) is 8. The third-order valence-electron chi connectivity index (χ3n) is 3.44. The summed E-state index contributed by atoms with van der Waals surface area (Å²) in [6.45, 7) is 5.26. The van der Waals surface area contributed by atoms with Crippen LogP contribution in [0.25, 0.3) is 11.5 Å². The fourth-order valence-corrected chi connectivity index (χ4v) is 2.90. The Hall–Kier alpha value is -3.14. The fourth-order valence-electron chi connectivity index (χ4n) is 2.13. The summed E-state index contributed by atoms with van der Waals surface area (Å²) in [5.41, 5.74) is 6.07. The van der Waals surface area contributed by atoms with E-state index in [0.29, 0.717) is 33.3 Å². The van der Waals surface area contributed by atoms with Gasteiger partial charge < -0.3 is 13.8 Å². The molecule has 0 bridgehead atoms. The van der Waals surface area contributed by atoms with Gasteiger partial charge in [-0.15, -0.1) is 11.3 Å². The molecule has 0 fully saturated rings. The van der Waals surface area contributed by atoms with Crippen molar-refractivity contribution in [3.63, 3.8) is 0 Å². The SMILES string of the molecule is Cc1cc(-c2onc(C)c2COC(=O)NNC(=O)c2ccc(C)s2)no1. The number of amides is 2. The molecule has 136 valence electrons. The van der Waals surface area contributed by atoms with E-state index >= 15 is 0 Å². The molecule has 0 aromatic carbocycles. The normalized spacial score (nSPS) is 10.6. The highest BCUT2D eigenvalue weighted by Gasteiger charge is 2.20. The number of aryl methyl sites for hydroxylation is 3. The summed E-state index contributed by atoms with van der Waals surface area (Å²) in [6, 6.07) is 5.18. The molecule has 2 amide bonds. The van der Waals surface area contributed by atoms with Gasteiger partial charge in [-0.05, 0) is 32.9 Å². The summed E-state index contributed by atoms with van der Waals surface area (Å²) in [5.74, 6) is 0.565. The molecule has 3 aromatic heterocycles. The lowest BCUT2D eigenvalue weighted by Crippen LogP contribution is -2.41. The molecule has 26 heavy (non-hydrogen) atoms. The van der Waals surface area contributed by atoms with Crippen molar-refractivity contribution in [2.45, 2.75) is 27.4 Å². The number of rotatable bonds is 4. The van der Waals surface area contributed by atoms with Gasteiger partial charge in [0, 0.05) is 10.9 Å². The largest absolute Gasteiger partial charge is 0.443 e. The quantitative estimate of drug-likeness (QED) is 0.672. The van der Waals surface area contributed by atoms with Gasteiger partial charge in [-0.1, -0.05) is 10.3 Å². The summed E-state index contributed by atoms with van der Waals surface area (Å²) in [4.78, 5) is 25.2. The molecule has 0 saturated heterocycles. The lowest BCUT2D eigenvalue weighted by atomic mass is 10.1. The number of hydrazine groups is 1. The minimum atomic E-state index is -0.811. The summed E-state index contributed by atoms with van der Waals surface area (Å²) < 4.78 is 15.4. The highest BCUT2D eigenvalue weighted by Crippen LogP contribution is 2.26. The molecule has 0 atom stereocenters. The smallest absolute Gasteiger partial charge is 0.426 e. The van der Waals surface area contributed by atoms with E-state index in [-0.39, 0.29) is 6.61 Å². The van der Waals surface area contributed by atoms with Crippen molar-refractivity contribution in [1.29, 1.82) is 0 Å². The molecule has 0 saturated carbocycles. The zero-order valence-electron chi connectivity index (χ0n) is 14.3. The number of thiophene rings is 1. The predicted octanol–water partition coefficient (Wildman–Crippen LogP) is 2.89. The molecule has 0 spiro atoms. The molecule has 0 aliphatic carbocycles. The van der Waals surface area contributed by atoms with Crippen LogP contribution in [0, 0.1) is 20.8 Å². The van der Waals surface area contributed by atoms with Crippen LogP contribution in [0.4, 0.5) is 4.79 Å². The number of carbonyl (C=O) groups excluding carboxylic acids is 2.